The number of oxime groups is 1. The van der Waals surface area contributed by atoms with Gasteiger partial charge in [0.2, 0.25) is 5.60 Å². The molecule has 14 nitrogen and oxygen atoms in total. The fourth-order valence-electron chi connectivity index (χ4n) is 3.58. The van der Waals surface area contributed by atoms with Gasteiger partial charge in [-0.25, -0.2) is 19.2 Å². The van der Waals surface area contributed by atoms with Gasteiger partial charge in [0.15, 0.2) is 17.2 Å². The van der Waals surface area contributed by atoms with Gasteiger partial charge in [0, 0.05) is 18.2 Å². The first-order valence-electron chi connectivity index (χ1n) is 9.50. The number of aromatic nitrogens is 5. The van der Waals surface area contributed by atoms with Gasteiger partial charge < -0.3 is 21.0 Å². The number of carbonyl (C=O) groups excluding carboxylic acids is 2. The summed E-state index contributed by atoms with van der Waals surface area (Å²) < 4.78 is 13.6. The SMILES string of the molecule is Nc1nc(C(=NOC2(C(=O)O)CCCC2)C(=O)NC2C(=O)N(n3cnnn3)C2CF)cs1. The van der Waals surface area contributed by atoms with Gasteiger partial charge in [-0.3, -0.25) is 9.59 Å². The molecule has 170 valence electrons. The Balaban J connectivity index is 1.56. The van der Waals surface area contributed by atoms with Crippen molar-refractivity contribution in [3.8, 4) is 0 Å². The number of nitrogens with one attached hydrogen (secondary N) is 1. The van der Waals surface area contributed by atoms with Gasteiger partial charge in [-0.1, -0.05) is 5.16 Å². The number of nitrogens with zero attached hydrogens (tertiary/aromatic N) is 7. The lowest BCUT2D eigenvalue weighted by molar-refractivity contribution is -0.165. The molecule has 2 aliphatic rings. The topological polar surface area (TPSA) is 191 Å². The second kappa shape index (κ2) is 8.45. The van der Waals surface area contributed by atoms with Crippen LogP contribution in [0.5, 0.6) is 0 Å². The van der Waals surface area contributed by atoms with E-state index in [1.54, 1.807) is 0 Å². The molecule has 3 heterocycles. The van der Waals surface area contributed by atoms with Gasteiger partial charge in [0.05, 0.1) is 0 Å². The summed E-state index contributed by atoms with van der Waals surface area (Å²) in [6.45, 7) is -0.981. The molecule has 2 fully saturated rings. The number of hydrogen-bond donors (Lipinski definition) is 3. The molecule has 1 saturated heterocycles. The van der Waals surface area contributed by atoms with Gasteiger partial charge in [-0.15, -0.1) is 21.2 Å². The van der Waals surface area contributed by atoms with Crippen LogP contribution in [-0.2, 0) is 19.2 Å². The molecule has 4 N–H and O–H groups in total. The van der Waals surface area contributed by atoms with Crippen LogP contribution < -0.4 is 16.1 Å². The maximum Gasteiger partial charge on any atom is 0.350 e. The average Bonchev–Trinajstić information content (AvgIpc) is 3.53. The van der Waals surface area contributed by atoms with Crippen molar-refractivity contribution in [1.29, 1.82) is 0 Å². The fraction of sp³-hybridized carbons (Fsp3) is 0.500. The molecule has 2 aromatic heterocycles. The number of tetrazole rings is 1. The fourth-order valence-corrected chi connectivity index (χ4v) is 4.13. The summed E-state index contributed by atoms with van der Waals surface area (Å²) in [6.07, 6.45) is 2.84. The van der Waals surface area contributed by atoms with Crippen LogP contribution in [0.3, 0.4) is 0 Å². The number of rotatable bonds is 8. The Morgan fingerprint density at radius 1 is 1.44 bits per heavy atom. The number of halogens is 1. The highest BCUT2D eigenvalue weighted by atomic mass is 32.1. The largest absolute Gasteiger partial charge is 0.478 e. The molecular weight excluding hydrogens is 449 g/mol. The second-order valence-corrected chi connectivity index (χ2v) is 8.08. The highest BCUT2D eigenvalue weighted by Crippen LogP contribution is 2.34. The summed E-state index contributed by atoms with van der Waals surface area (Å²) in [5, 5.41) is 28.6. The zero-order valence-corrected chi connectivity index (χ0v) is 17.2. The molecule has 0 spiro atoms. The summed E-state index contributed by atoms with van der Waals surface area (Å²) in [7, 11) is 0. The number of carboxylic acid groups (broad SMARTS) is 1. The third-order valence-electron chi connectivity index (χ3n) is 5.29. The standard InChI is InChI=1S/C16H18FN9O5S/c17-5-9-11(13(28)26(9)25-7-19-23-24-25)21-12(27)10(8-6-32-15(18)20-8)22-31-16(14(29)30)3-1-2-4-16/h6-7,9,11H,1-5H2,(H2,18,20)(H,21,27)(H,29,30). The predicted molar refractivity (Wildman–Crippen MR) is 106 cm³/mol. The van der Waals surface area contributed by atoms with Crippen molar-refractivity contribution in [2.24, 2.45) is 5.16 Å². The molecule has 4 rings (SSSR count). The molecular formula is C16H18FN9O5S. The van der Waals surface area contributed by atoms with Crippen molar-refractivity contribution in [2.45, 2.75) is 43.4 Å². The van der Waals surface area contributed by atoms with Gasteiger partial charge in [-0.05, 0) is 23.3 Å². The number of alkyl halides is 1. The first kappa shape index (κ1) is 21.5. The summed E-state index contributed by atoms with van der Waals surface area (Å²) in [5.74, 6) is -2.74. The van der Waals surface area contributed by atoms with E-state index in [2.05, 4.69) is 31.0 Å². The molecule has 2 atom stereocenters. The lowest BCUT2D eigenvalue weighted by Crippen LogP contribution is -2.75. The molecule has 16 heteroatoms. The molecule has 0 aromatic carbocycles. The van der Waals surface area contributed by atoms with Crippen LogP contribution in [0.2, 0.25) is 0 Å². The van der Waals surface area contributed by atoms with E-state index in [1.165, 1.54) is 5.38 Å². The Hall–Kier alpha value is -3.69. The molecule has 0 bridgehead atoms. The zero-order chi connectivity index (χ0) is 22.9. The number of β-lactam (4-membered cyclic amide) rings is 1. The summed E-state index contributed by atoms with van der Waals surface area (Å²) in [5.41, 5.74) is 3.74. The van der Waals surface area contributed by atoms with Gasteiger partial charge in [-0.2, -0.15) is 0 Å². The molecule has 0 radical (unpaired) electrons. The van der Waals surface area contributed by atoms with Crippen LogP contribution >= 0.6 is 11.3 Å². The second-order valence-electron chi connectivity index (χ2n) is 7.19. The lowest BCUT2D eigenvalue weighted by Gasteiger charge is -2.44. The number of carbonyl (C=O) groups is 3. The van der Waals surface area contributed by atoms with Gasteiger partial charge >= 0.3 is 5.97 Å². The number of anilines is 1. The minimum Gasteiger partial charge on any atom is -0.478 e. The van der Waals surface area contributed by atoms with E-state index in [0.29, 0.717) is 12.8 Å². The number of carboxylic acids is 1. The van der Waals surface area contributed by atoms with Crippen molar-refractivity contribution in [3.63, 3.8) is 0 Å². The number of amides is 2. The molecule has 1 saturated carbocycles. The van der Waals surface area contributed by atoms with E-state index in [-0.39, 0.29) is 29.4 Å². The first-order chi connectivity index (χ1) is 15.4. The first-order valence-corrected chi connectivity index (χ1v) is 10.4. The van der Waals surface area contributed by atoms with Gasteiger partial charge in [0.25, 0.3) is 11.8 Å². The number of hydrogen-bond acceptors (Lipinski definition) is 11. The highest BCUT2D eigenvalue weighted by molar-refractivity contribution is 7.13. The van der Waals surface area contributed by atoms with E-state index in [0.717, 1.165) is 27.5 Å². The molecule has 2 amide bonds. The molecule has 2 unspecified atom stereocenters. The maximum atomic E-state index is 13.6. The van der Waals surface area contributed by atoms with Crippen molar-refractivity contribution in [3.05, 3.63) is 17.4 Å². The van der Waals surface area contributed by atoms with Crippen molar-refractivity contribution in [2.75, 3.05) is 17.4 Å². The van der Waals surface area contributed by atoms with Crippen molar-refractivity contribution in [1.82, 2.24) is 30.6 Å². The Bertz CT molecular complexity index is 1050. The van der Waals surface area contributed by atoms with Crippen LogP contribution in [0.4, 0.5) is 9.52 Å². The number of nitrogen functional groups attached to an aromatic ring is 1. The van der Waals surface area contributed by atoms with Crippen LogP contribution in [-0.4, -0.2) is 78.3 Å². The van der Waals surface area contributed by atoms with E-state index in [4.69, 9.17) is 10.6 Å². The van der Waals surface area contributed by atoms with Crippen molar-refractivity contribution < 1.29 is 28.7 Å². The van der Waals surface area contributed by atoms with Gasteiger partial charge in [0.1, 0.15) is 24.5 Å². The van der Waals surface area contributed by atoms with Crippen LogP contribution in [0.1, 0.15) is 31.4 Å². The minimum atomic E-state index is -1.56. The Morgan fingerprint density at radius 3 is 2.75 bits per heavy atom. The number of thiazole rings is 1. The van der Waals surface area contributed by atoms with E-state index < -0.39 is 42.1 Å². The van der Waals surface area contributed by atoms with E-state index in [9.17, 15) is 23.9 Å². The normalized spacial score (nSPS) is 22.5. The Kier molecular flexibility index (Phi) is 5.68. The van der Waals surface area contributed by atoms with Crippen LogP contribution in [0, 0.1) is 0 Å². The van der Waals surface area contributed by atoms with Crippen LogP contribution in [0.25, 0.3) is 0 Å². The smallest absolute Gasteiger partial charge is 0.350 e. The van der Waals surface area contributed by atoms with E-state index in [1.807, 2.05) is 0 Å². The van der Waals surface area contributed by atoms with Crippen molar-refractivity contribution >= 4 is 40.0 Å². The summed E-state index contributed by atoms with van der Waals surface area (Å²) in [4.78, 5) is 47.4. The van der Waals surface area contributed by atoms with E-state index >= 15 is 0 Å². The third-order valence-corrected chi connectivity index (χ3v) is 5.96. The molecule has 1 aliphatic carbocycles. The predicted octanol–water partition coefficient (Wildman–Crippen LogP) is -1.17. The van der Waals surface area contributed by atoms with Crippen LogP contribution in [0.15, 0.2) is 16.9 Å². The Labute approximate surface area is 183 Å². The molecule has 32 heavy (non-hydrogen) atoms. The quantitative estimate of drug-likeness (QED) is 0.242. The molecule has 1 aliphatic heterocycles. The number of aliphatic carboxylic acids is 1. The maximum absolute atomic E-state index is 13.6. The monoisotopic (exact) mass is 467 g/mol. The summed E-state index contributed by atoms with van der Waals surface area (Å²) in [6, 6.07) is -2.28. The molecule has 2 aromatic rings. The third kappa shape index (κ3) is 3.72. The number of nitrogens with two attached hydrogens (primary N) is 1. The summed E-state index contributed by atoms with van der Waals surface area (Å²) >= 11 is 1.03. The average molecular weight is 467 g/mol. The Morgan fingerprint density at radius 2 is 2.19 bits per heavy atom. The minimum absolute atomic E-state index is 0.0319. The lowest BCUT2D eigenvalue weighted by atomic mass is 9.98. The zero-order valence-electron chi connectivity index (χ0n) is 16.4. The highest BCUT2D eigenvalue weighted by Gasteiger charge is 2.51.